The summed E-state index contributed by atoms with van der Waals surface area (Å²) in [7, 11) is 1.59. The molecule has 1 heterocycles. The zero-order chi connectivity index (χ0) is 12.7. The van der Waals surface area contributed by atoms with E-state index < -0.39 is 0 Å². The summed E-state index contributed by atoms with van der Waals surface area (Å²) in [6.07, 6.45) is 0. The van der Waals surface area contributed by atoms with E-state index in [9.17, 15) is 0 Å². The van der Waals surface area contributed by atoms with Gasteiger partial charge < -0.3 is 20.5 Å². The van der Waals surface area contributed by atoms with Crippen LogP contribution in [-0.4, -0.2) is 36.3 Å². The van der Waals surface area contributed by atoms with Crippen molar-refractivity contribution in [2.24, 2.45) is 0 Å². The Hall–Kier alpha value is -1.40. The topological polar surface area (TPSA) is 82.3 Å². The maximum Gasteiger partial charge on any atom is 0.158 e. The molecule has 1 aromatic heterocycles. The first-order valence-electron chi connectivity index (χ1n) is 5.62. The van der Waals surface area contributed by atoms with Crippen molar-refractivity contribution in [2.75, 3.05) is 31.4 Å². The van der Waals surface area contributed by atoms with E-state index in [-0.39, 0.29) is 6.04 Å². The van der Waals surface area contributed by atoms with E-state index in [1.165, 1.54) is 0 Å². The highest BCUT2D eigenvalue weighted by Crippen LogP contribution is 2.10. The first-order valence-corrected chi connectivity index (χ1v) is 5.62. The molecule has 0 saturated heterocycles. The van der Waals surface area contributed by atoms with Crippen LogP contribution in [0.3, 0.4) is 0 Å². The van der Waals surface area contributed by atoms with Crippen LogP contribution in [-0.2, 0) is 16.1 Å². The standard InChI is InChI=1S/C11H20N4O2/c1-4-17-6-8(2)13-10-5-9(12)14-11(15-10)7-16-3/h5,8H,4,6-7H2,1-3H3,(H3,12,13,14,15). The molecule has 0 aliphatic heterocycles. The Morgan fingerprint density at radius 3 is 2.88 bits per heavy atom. The molecule has 0 spiro atoms. The van der Waals surface area contributed by atoms with Crippen molar-refractivity contribution in [1.29, 1.82) is 0 Å². The third-order valence-electron chi connectivity index (χ3n) is 2.03. The number of nitrogens with one attached hydrogen (secondary N) is 1. The molecule has 0 amide bonds. The molecule has 1 aromatic rings. The highest BCUT2D eigenvalue weighted by atomic mass is 16.5. The molecule has 6 heteroatoms. The maximum absolute atomic E-state index is 5.69. The molecule has 1 rings (SSSR count). The third-order valence-corrected chi connectivity index (χ3v) is 2.03. The molecule has 0 fully saturated rings. The number of nitrogens with zero attached hydrogens (tertiary/aromatic N) is 2. The number of nitrogens with two attached hydrogens (primary N) is 1. The predicted molar refractivity (Wildman–Crippen MR) is 66.7 cm³/mol. The highest BCUT2D eigenvalue weighted by Gasteiger charge is 2.06. The van der Waals surface area contributed by atoms with Gasteiger partial charge in [-0.1, -0.05) is 0 Å². The SMILES string of the molecule is CCOCC(C)Nc1cc(N)nc(COC)n1. The Labute approximate surface area is 102 Å². The lowest BCUT2D eigenvalue weighted by Gasteiger charge is -2.15. The van der Waals surface area contributed by atoms with Gasteiger partial charge in [0, 0.05) is 25.8 Å². The zero-order valence-electron chi connectivity index (χ0n) is 10.6. The predicted octanol–water partition coefficient (Wildman–Crippen LogP) is 1.04. The molecule has 1 atom stereocenters. The van der Waals surface area contributed by atoms with E-state index in [4.69, 9.17) is 15.2 Å². The minimum Gasteiger partial charge on any atom is -0.384 e. The molecule has 17 heavy (non-hydrogen) atoms. The van der Waals surface area contributed by atoms with Crippen molar-refractivity contribution >= 4 is 11.6 Å². The molecule has 0 aromatic carbocycles. The van der Waals surface area contributed by atoms with Gasteiger partial charge in [0.25, 0.3) is 0 Å². The fraction of sp³-hybridized carbons (Fsp3) is 0.636. The van der Waals surface area contributed by atoms with Crippen LogP contribution in [0, 0.1) is 0 Å². The quantitative estimate of drug-likeness (QED) is 0.741. The number of hydrogen-bond acceptors (Lipinski definition) is 6. The van der Waals surface area contributed by atoms with Gasteiger partial charge in [-0.3, -0.25) is 0 Å². The number of hydrogen-bond donors (Lipinski definition) is 2. The Bertz CT molecular complexity index is 346. The zero-order valence-corrected chi connectivity index (χ0v) is 10.6. The molecule has 0 aliphatic rings. The van der Waals surface area contributed by atoms with Crippen molar-refractivity contribution in [3.8, 4) is 0 Å². The summed E-state index contributed by atoms with van der Waals surface area (Å²) in [4.78, 5) is 8.35. The number of methoxy groups -OCH3 is 1. The van der Waals surface area contributed by atoms with Gasteiger partial charge in [0.2, 0.25) is 0 Å². The average molecular weight is 240 g/mol. The monoisotopic (exact) mass is 240 g/mol. The molecule has 6 nitrogen and oxygen atoms in total. The largest absolute Gasteiger partial charge is 0.384 e. The summed E-state index contributed by atoms with van der Waals surface area (Å²) in [6.45, 7) is 5.66. The number of rotatable bonds is 7. The first kappa shape index (κ1) is 13.7. The van der Waals surface area contributed by atoms with Crippen molar-refractivity contribution < 1.29 is 9.47 Å². The first-order chi connectivity index (χ1) is 8.15. The lowest BCUT2D eigenvalue weighted by molar-refractivity contribution is 0.141. The van der Waals surface area contributed by atoms with E-state index in [1.54, 1.807) is 13.2 Å². The van der Waals surface area contributed by atoms with E-state index in [0.29, 0.717) is 37.3 Å². The van der Waals surface area contributed by atoms with Crippen LogP contribution in [0.15, 0.2) is 6.07 Å². The van der Waals surface area contributed by atoms with Gasteiger partial charge in [-0.15, -0.1) is 0 Å². The lowest BCUT2D eigenvalue weighted by atomic mass is 10.3. The second-order valence-corrected chi connectivity index (χ2v) is 3.73. The second-order valence-electron chi connectivity index (χ2n) is 3.73. The van der Waals surface area contributed by atoms with Gasteiger partial charge in [-0.2, -0.15) is 0 Å². The van der Waals surface area contributed by atoms with E-state index in [0.717, 1.165) is 0 Å². The summed E-state index contributed by atoms with van der Waals surface area (Å²) in [5.74, 6) is 1.69. The summed E-state index contributed by atoms with van der Waals surface area (Å²) >= 11 is 0. The molecule has 1 unspecified atom stereocenters. The van der Waals surface area contributed by atoms with Crippen LogP contribution in [0.4, 0.5) is 11.6 Å². The molecule has 3 N–H and O–H groups in total. The number of anilines is 2. The minimum absolute atomic E-state index is 0.166. The smallest absolute Gasteiger partial charge is 0.158 e. The van der Waals surface area contributed by atoms with Gasteiger partial charge in [0.1, 0.15) is 18.2 Å². The summed E-state index contributed by atoms with van der Waals surface area (Å²) in [5.41, 5.74) is 5.69. The van der Waals surface area contributed by atoms with E-state index in [2.05, 4.69) is 15.3 Å². The second kappa shape index (κ2) is 7.03. The summed E-state index contributed by atoms with van der Waals surface area (Å²) in [5, 5.41) is 3.20. The van der Waals surface area contributed by atoms with Crippen LogP contribution in [0.1, 0.15) is 19.7 Å². The number of ether oxygens (including phenoxy) is 2. The Kier molecular flexibility index (Phi) is 5.65. The van der Waals surface area contributed by atoms with Crippen molar-refractivity contribution in [2.45, 2.75) is 26.5 Å². The molecule has 96 valence electrons. The van der Waals surface area contributed by atoms with Crippen LogP contribution < -0.4 is 11.1 Å². The fourth-order valence-corrected chi connectivity index (χ4v) is 1.37. The Balaban J connectivity index is 2.63. The highest BCUT2D eigenvalue weighted by molar-refractivity contribution is 5.45. The Morgan fingerprint density at radius 2 is 2.24 bits per heavy atom. The Morgan fingerprint density at radius 1 is 1.47 bits per heavy atom. The molecule has 0 bridgehead atoms. The summed E-state index contributed by atoms with van der Waals surface area (Å²) in [6, 6.07) is 1.86. The van der Waals surface area contributed by atoms with Gasteiger partial charge in [0.05, 0.1) is 6.61 Å². The third kappa shape index (κ3) is 4.97. The van der Waals surface area contributed by atoms with Crippen molar-refractivity contribution in [1.82, 2.24) is 9.97 Å². The maximum atomic E-state index is 5.69. The molecular formula is C11H20N4O2. The van der Waals surface area contributed by atoms with Gasteiger partial charge >= 0.3 is 0 Å². The molecular weight excluding hydrogens is 220 g/mol. The van der Waals surface area contributed by atoms with Crippen LogP contribution in [0.25, 0.3) is 0 Å². The van der Waals surface area contributed by atoms with Gasteiger partial charge in [-0.05, 0) is 13.8 Å². The van der Waals surface area contributed by atoms with E-state index >= 15 is 0 Å². The summed E-state index contributed by atoms with van der Waals surface area (Å²) < 4.78 is 10.3. The fourth-order valence-electron chi connectivity index (χ4n) is 1.37. The van der Waals surface area contributed by atoms with Crippen molar-refractivity contribution in [3.63, 3.8) is 0 Å². The number of aromatic nitrogens is 2. The lowest BCUT2D eigenvalue weighted by Crippen LogP contribution is -2.22. The number of nitrogen functional groups attached to an aromatic ring is 1. The van der Waals surface area contributed by atoms with Crippen LogP contribution in [0.2, 0.25) is 0 Å². The van der Waals surface area contributed by atoms with Gasteiger partial charge in [-0.25, -0.2) is 9.97 Å². The van der Waals surface area contributed by atoms with Gasteiger partial charge in [0.15, 0.2) is 5.82 Å². The minimum atomic E-state index is 0.166. The van der Waals surface area contributed by atoms with Crippen LogP contribution >= 0.6 is 0 Å². The van der Waals surface area contributed by atoms with Crippen molar-refractivity contribution in [3.05, 3.63) is 11.9 Å². The molecule has 0 saturated carbocycles. The molecule has 0 radical (unpaired) electrons. The van der Waals surface area contributed by atoms with Crippen LogP contribution in [0.5, 0.6) is 0 Å². The average Bonchev–Trinajstić information content (AvgIpc) is 2.26. The molecule has 0 aliphatic carbocycles. The van der Waals surface area contributed by atoms with E-state index in [1.807, 2.05) is 13.8 Å². The normalized spacial score (nSPS) is 12.4.